The van der Waals surface area contributed by atoms with Gasteiger partial charge in [-0.3, -0.25) is 0 Å². The molecule has 0 aromatic heterocycles. The summed E-state index contributed by atoms with van der Waals surface area (Å²) in [6.07, 6.45) is 17.4. The van der Waals surface area contributed by atoms with Gasteiger partial charge in [0.25, 0.3) is 0 Å². The maximum Gasteiger partial charge on any atom is 0.337 e. The Labute approximate surface area is 160 Å². The van der Waals surface area contributed by atoms with Crippen molar-refractivity contribution >= 4 is 8.56 Å². The van der Waals surface area contributed by atoms with Gasteiger partial charge in [0.15, 0.2) is 0 Å². The molecule has 1 atom stereocenters. The Bertz CT molecular complexity index is 267. The highest BCUT2D eigenvalue weighted by molar-refractivity contribution is 6.67. The second-order valence-electron chi connectivity index (χ2n) is 7.61. The summed E-state index contributed by atoms with van der Waals surface area (Å²) in [5, 5.41) is 0. The van der Waals surface area contributed by atoms with E-state index in [1.54, 1.807) is 0 Å². The molecular weight excluding hydrogens is 324 g/mol. The standard InChI is InChI=1S/C22H48O2Si/c1-6-11-13-14-15-16-17-18-21-23-25(9-4,10-5)24-22(19-8-3)20-12-7-2/h22H,6-21H2,1-5H3. The van der Waals surface area contributed by atoms with Crippen LogP contribution in [0.25, 0.3) is 0 Å². The summed E-state index contributed by atoms with van der Waals surface area (Å²) < 4.78 is 13.1. The summed E-state index contributed by atoms with van der Waals surface area (Å²) in [4.78, 5) is 0. The lowest BCUT2D eigenvalue weighted by Crippen LogP contribution is -2.44. The Morgan fingerprint density at radius 2 is 1.16 bits per heavy atom. The summed E-state index contributed by atoms with van der Waals surface area (Å²) in [5.41, 5.74) is 0. The molecule has 0 saturated carbocycles. The Morgan fingerprint density at radius 3 is 1.68 bits per heavy atom. The largest absolute Gasteiger partial charge is 0.394 e. The zero-order valence-corrected chi connectivity index (χ0v) is 19.2. The van der Waals surface area contributed by atoms with Crippen molar-refractivity contribution in [1.29, 1.82) is 0 Å². The van der Waals surface area contributed by atoms with Gasteiger partial charge in [0.1, 0.15) is 0 Å². The Morgan fingerprint density at radius 1 is 0.600 bits per heavy atom. The van der Waals surface area contributed by atoms with Crippen LogP contribution in [0.4, 0.5) is 0 Å². The van der Waals surface area contributed by atoms with Crippen LogP contribution in [0.1, 0.15) is 118 Å². The number of unbranched alkanes of at least 4 members (excludes halogenated alkanes) is 8. The zero-order chi connectivity index (χ0) is 18.8. The SMILES string of the molecule is CCCCCCCCCCO[Si](CC)(CC)OC(CCC)CCCC. The average Bonchev–Trinajstić information content (AvgIpc) is 2.63. The van der Waals surface area contributed by atoms with Gasteiger partial charge in [-0.05, 0) is 31.4 Å². The zero-order valence-electron chi connectivity index (χ0n) is 18.2. The summed E-state index contributed by atoms with van der Waals surface area (Å²) >= 11 is 0. The third-order valence-electron chi connectivity index (χ3n) is 5.31. The molecule has 0 rings (SSSR count). The molecule has 0 fully saturated rings. The van der Waals surface area contributed by atoms with Crippen molar-refractivity contribution < 1.29 is 8.85 Å². The van der Waals surface area contributed by atoms with Crippen LogP contribution in [0.5, 0.6) is 0 Å². The smallest absolute Gasteiger partial charge is 0.337 e. The minimum Gasteiger partial charge on any atom is -0.394 e. The van der Waals surface area contributed by atoms with Gasteiger partial charge in [-0.2, -0.15) is 0 Å². The van der Waals surface area contributed by atoms with Crippen LogP contribution < -0.4 is 0 Å². The lowest BCUT2D eigenvalue weighted by Gasteiger charge is -2.33. The molecule has 0 saturated heterocycles. The molecular formula is C22H48O2Si. The number of rotatable bonds is 19. The van der Waals surface area contributed by atoms with Crippen molar-refractivity contribution in [1.82, 2.24) is 0 Å². The van der Waals surface area contributed by atoms with Crippen LogP contribution in [0.2, 0.25) is 12.1 Å². The number of hydrogen-bond acceptors (Lipinski definition) is 2. The van der Waals surface area contributed by atoms with E-state index in [1.807, 2.05) is 0 Å². The predicted molar refractivity (Wildman–Crippen MR) is 115 cm³/mol. The Hall–Kier alpha value is 0.137. The molecule has 0 N–H and O–H groups in total. The van der Waals surface area contributed by atoms with Gasteiger partial charge in [-0.15, -0.1) is 0 Å². The molecule has 152 valence electrons. The van der Waals surface area contributed by atoms with Gasteiger partial charge in [0, 0.05) is 12.7 Å². The van der Waals surface area contributed by atoms with E-state index in [2.05, 4.69) is 34.6 Å². The highest BCUT2D eigenvalue weighted by atomic mass is 28.4. The van der Waals surface area contributed by atoms with Crippen LogP contribution in [-0.4, -0.2) is 21.3 Å². The van der Waals surface area contributed by atoms with Gasteiger partial charge < -0.3 is 8.85 Å². The van der Waals surface area contributed by atoms with E-state index in [1.165, 1.54) is 83.5 Å². The molecule has 0 radical (unpaired) electrons. The fourth-order valence-corrected chi connectivity index (χ4v) is 6.14. The summed E-state index contributed by atoms with van der Waals surface area (Å²) in [6.45, 7) is 12.3. The predicted octanol–water partition coefficient (Wildman–Crippen LogP) is 8.00. The van der Waals surface area contributed by atoms with Crippen LogP contribution in [-0.2, 0) is 8.85 Å². The van der Waals surface area contributed by atoms with E-state index in [9.17, 15) is 0 Å². The van der Waals surface area contributed by atoms with E-state index in [0.717, 1.165) is 18.7 Å². The van der Waals surface area contributed by atoms with E-state index in [-0.39, 0.29) is 0 Å². The molecule has 0 aromatic carbocycles. The molecule has 0 aliphatic heterocycles. The number of hydrogen-bond donors (Lipinski definition) is 0. The second kappa shape index (κ2) is 17.5. The molecule has 0 aliphatic rings. The first-order chi connectivity index (χ1) is 12.2. The lowest BCUT2D eigenvalue weighted by molar-refractivity contribution is 0.0972. The minimum atomic E-state index is -1.98. The van der Waals surface area contributed by atoms with Crippen molar-refractivity contribution in [2.24, 2.45) is 0 Å². The Balaban J connectivity index is 4.11. The topological polar surface area (TPSA) is 18.5 Å². The van der Waals surface area contributed by atoms with Crippen LogP contribution >= 0.6 is 0 Å². The van der Waals surface area contributed by atoms with Gasteiger partial charge in [0.2, 0.25) is 0 Å². The molecule has 0 heterocycles. The van der Waals surface area contributed by atoms with Gasteiger partial charge in [0.05, 0.1) is 0 Å². The lowest BCUT2D eigenvalue weighted by atomic mass is 10.1. The van der Waals surface area contributed by atoms with E-state index in [4.69, 9.17) is 8.85 Å². The summed E-state index contributed by atoms with van der Waals surface area (Å²) in [6, 6.07) is 2.18. The molecule has 3 heteroatoms. The first-order valence-corrected chi connectivity index (χ1v) is 13.7. The first-order valence-electron chi connectivity index (χ1n) is 11.5. The Kier molecular flexibility index (Phi) is 17.6. The van der Waals surface area contributed by atoms with Crippen LogP contribution in [0.3, 0.4) is 0 Å². The van der Waals surface area contributed by atoms with Gasteiger partial charge in [-0.25, -0.2) is 0 Å². The first kappa shape index (κ1) is 25.1. The maximum atomic E-state index is 6.67. The molecule has 0 bridgehead atoms. The van der Waals surface area contributed by atoms with Gasteiger partial charge in [-0.1, -0.05) is 98.8 Å². The molecule has 25 heavy (non-hydrogen) atoms. The maximum absolute atomic E-state index is 6.67. The fourth-order valence-electron chi connectivity index (χ4n) is 3.47. The normalized spacial score (nSPS) is 13.3. The molecule has 2 nitrogen and oxygen atoms in total. The van der Waals surface area contributed by atoms with Crippen molar-refractivity contribution in [3.8, 4) is 0 Å². The van der Waals surface area contributed by atoms with Crippen molar-refractivity contribution in [2.75, 3.05) is 6.61 Å². The second-order valence-corrected chi connectivity index (χ2v) is 11.4. The summed E-state index contributed by atoms with van der Waals surface area (Å²) in [5.74, 6) is 0. The van der Waals surface area contributed by atoms with Gasteiger partial charge >= 0.3 is 8.56 Å². The van der Waals surface area contributed by atoms with Crippen molar-refractivity contribution in [3.63, 3.8) is 0 Å². The van der Waals surface area contributed by atoms with E-state index < -0.39 is 8.56 Å². The van der Waals surface area contributed by atoms with Crippen LogP contribution in [0, 0.1) is 0 Å². The molecule has 0 amide bonds. The fraction of sp³-hybridized carbons (Fsp3) is 1.00. The summed E-state index contributed by atoms with van der Waals surface area (Å²) in [7, 11) is -1.98. The molecule has 0 aliphatic carbocycles. The minimum absolute atomic E-state index is 0.426. The highest BCUT2D eigenvalue weighted by Crippen LogP contribution is 2.25. The van der Waals surface area contributed by atoms with Crippen molar-refractivity contribution in [2.45, 2.75) is 136 Å². The monoisotopic (exact) mass is 372 g/mol. The molecule has 1 unspecified atom stereocenters. The molecule has 0 spiro atoms. The average molecular weight is 373 g/mol. The van der Waals surface area contributed by atoms with E-state index in [0.29, 0.717) is 6.10 Å². The van der Waals surface area contributed by atoms with Crippen molar-refractivity contribution in [3.05, 3.63) is 0 Å². The quantitative estimate of drug-likeness (QED) is 0.169. The van der Waals surface area contributed by atoms with Crippen LogP contribution in [0.15, 0.2) is 0 Å². The molecule has 0 aromatic rings. The highest BCUT2D eigenvalue weighted by Gasteiger charge is 2.35. The third kappa shape index (κ3) is 13.0. The third-order valence-corrected chi connectivity index (χ3v) is 8.96. The van der Waals surface area contributed by atoms with E-state index >= 15 is 0 Å².